The third kappa shape index (κ3) is 2.17. The summed E-state index contributed by atoms with van der Waals surface area (Å²) in [6, 6.07) is 0. The highest BCUT2D eigenvalue weighted by Crippen LogP contribution is 1.68. The molecule has 1 heterocycles. The predicted octanol–water partition coefficient (Wildman–Crippen LogP) is -1.94. The van der Waals surface area contributed by atoms with Crippen molar-refractivity contribution in [2.24, 2.45) is 14.1 Å². The number of aromatic nitrogens is 3. The summed E-state index contributed by atoms with van der Waals surface area (Å²) in [5.74, 6) is 0. The predicted molar refractivity (Wildman–Crippen MR) is 62.3 cm³/mol. The molecule has 0 aliphatic heterocycles. The lowest BCUT2D eigenvalue weighted by atomic mass is 10.8. The molecule has 7 heteroatoms. The van der Waals surface area contributed by atoms with Gasteiger partial charge in [0.1, 0.15) is 0 Å². The zero-order valence-corrected chi connectivity index (χ0v) is 9.89. The molecule has 0 aliphatic carbocycles. The van der Waals surface area contributed by atoms with Crippen LogP contribution in [-0.4, -0.2) is 23.2 Å². The van der Waals surface area contributed by atoms with E-state index in [1.165, 1.54) is 14.1 Å². The molecule has 0 radical (unpaired) electrons. The zero-order chi connectivity index (χ0) is 10.9. The van der Waals surface area contributed by atoms with Crippen molar-refractivity contribution in [2.45, 2.75) is 20.1 Å². The SMILES string of the molecule is C.C[SiH2]Cn1c(=O)n(C)c(=O)n(C)c1=O. The van der Waals surface area contributed by atoms with Crippen molar-refractivity contribution in [1.29, 1.82) is 0 Å². The topological polar surface area (TPSA) is 66.0 Å². The van der Waals surface area contributed by atoms with Crippen LogP contribution in [0, 0.1) is 0 Å². The van der Waals surface area contributed by atoms with Crippen molar-refractivity contribution in [3.05, 3.63) is 31.5 Å². The molecule has 15 heavy (non-hydrogen) atoms. The molecule has 0 saturated carbocycles. The van der Waals surface area contributed by atoms with Gasteiger partial charge in [-0.05, 0) is 0 Å². The third-order valence-electron chi connectivity index (χ3n) is 2.06. The molecule has 1 aromatic rings. The standard InChI is InChI=1S/C7H13N3O3Si.CH4/c1-8-5(11)9(2)7(13)10(4-14-3)6(8)12;/h4,14H2,1-3H3;1H4. The molecule has 0 unspecified atom stereocenters. The maximum atomic E-state index is 11.5. The summed E-state index contributed by atoms with van der Waals surface area (Å²) < 4.78 is 3.02. The van der Waals surface area contributed by atoms with Crippen LogP contribution in [0.5, 0.6) is 0 Å². The van der Waals surface area contributed by atoms with E-state index >= 15 is 0 Å². The smallest absolute Gasteiger partial charge is 0.249 e. The van der Waals surface area contributed by atoms with Crippen molar-refractivity contribution < 1.29 is 0 Å². The van der Waals surface area contributed by atoms with Crippen molar-refractivity contribution in [1.82, 2.24) is 13.7 Å². The van der Waals surface area contributed by atoms with E-state index in [9.17, 15) is 14.4 Å². The van der Waals surface area contributed by atoms with Gasteiger partial charge in [0.05, 0.1) is 0 Å². The first kappa shape index (κ1) is 13.6. The van der Waals surface area contributed by atoms with E-state index in [1.807, 2.05) is 6.55 Å². The van der Waals surface area contributed by atoms with Crippen molar-refractivity contribution in [3.63, 3.8) is 0 Å². The fraction of sp³-hybridized carbons (Fsp3) is 0.625. The summed E-state index contributed by atoms with van der Waals surface area (Å²) in [6.45, 7) is 2.00. The maximum absolute atomic E-state index is 11.5. The Morgan fingerprint density at radius 3 is 1.73 bits per heavy atom. The van der Waals surface area contributed by atoms with E-state index in [0.717, 1.165) is 13.7 Å². The van der Waals surface area contributed by atoms with Gasteiger partial charge in [-0.15, -0.1) is 0 Å². The van der Waals surface area contributed by atoms with Gasteiger partial charge in [0, 0.05) is 29.8 Å². The molecular formula is C8H17N3O3Si. The number of nitrogens with zero attached hydrogens (tertiary/aromatic N) is 3. The van der Waals surface area contributed by atoms with E-state index in [4.69, 9.17) is 0 Å². The lowest BCUT2D eigenvalue weighted by Gasteiger charge is -2.06. The molecule has 86 valence electrons. The Bertz CT molecular complexity index is 471. The summed E-state index contributed by atoms with van der Waals surface area (Å²) in [5, 5.41) is 0. The normalized spacial score (nSPS) is 10.6. The van der Waals surface area contributed by atoms with Gasteiger partial charge in [-0.25, -0.2) is 28.1 Å². The Morgan fingerprint density at radius 1 is 1.00 bits per heavy atom. The summed E-state index contributed by atoms with van der Waals surface area (Å²) in [5.41, 5.74) is -1.62. The highest BCUT2D eigenvalue weighted by atomic mass is 28.2. The molecule has 6 nitrogen and oxygen atoms in total. The molecule has 1 rings (SSSR count). The summed E-state index contributed by atoms with van der Waals surface area (Å²) >= 11 is 0. The minimum absolute atomic E-state index is 0. The molecular weight excluding hydrogens is 214 g/mol. The van der Waals surface area contributed by atoms with E-state index in [1.54, 1.807) is 0 Å². The van der Waals surface area contributed by atoms with Gasteiger partial charge in [-0.1, -0.05) is 14.0 Å². The molecule has 0 fully saturated rings. The minimum Gasteiger partial charge on any atom is -0.249 e. The van der Waals surface area contributed by atoms with Crippen LogP contribution in [0.1, 0.15) is 7.43 Å². The lowest BCUT2D eigenvalue weighted by molar-refractivity contribution is 0.543. The monoisotopic (exact) mass is 231 g/mol. The van der Waals surface area contributed by atoms with Gasteiger partial charge in [0.2, 0.25) is 0 Å². The van der Waals surface area contributed by atoms with Gasteiger partial charge in [-0.2, -0.15) is 0 Å². The van der Waals surface area contributed by atoms with Crippen LogP contribution in [0.3, 0.4) is 0 Å². The summed E-state index contributed by atoms with van der Waals surface area (Å²) in [6.07, 6.45) is 0.472. The Labute approximate surface area is 89.6 Å². The van der Waals surface area contributed by atoms with Crippen LogP contribution in [0.4, 0.5) is 0 Å². The van der Waals surface area contributed by atoms with Gasteiger partial charge in [-0.3, -0.25) is 0 Å². The average Bonchev–Trinajstić information content (AvgIpc) is 2.19. The van der Waals surface area contributed by atoms with Crippen LogP contribution in [0.25, 0.3) is 0 Å². The van der Waals surface area contributed by atoms with Crippen LogP contribution in [0.2, 0.25) is 6.55 Å². The first-order valence-electron chi connectivity index (χ1n) is 4.37. The van der Waals surface area contributed by atoms with Crippen LogP contribution in [0.15, 0.2) is 14.4 Å². The molecule has 0 spiro atoms. The van der Waals surface area contributed by atoms with Crippen LogP contribution < -0.4 is 17.1 Å². The molecule has 0 N–H and O–H groups in total. The summed E-state index contributed by atoms with van der Waals surface area (Å²) in [7, 11) is 2.31. The molecule has 0 saturated heterocycles. The van der Waals surface area contributed by atoms with Gasteiger partial charge in [0.25, 0.3) is 0 Å². The zero-order valence-electron chi connectivity index (χ0n) is 8.48. The number of hydrogen-bond acceptors (Lipinski definition) is 3. The fourth-order valence-electron chi connectivity index (χ4n) is 1.25. The molecule has 0 aromatic carbocycles. The first-order chi connectivity index (χ1) is 6.50. The van der Waals surface area contributed by atoms with Gasteiger partial charge >= 0.3 is 17.1 Å². The Balaban J connectivity index is 0.00000196. The molecule has 0 atom stereocenters. The first-order valence-corrected chi connectivity index (χ1v) is 6.79. The second-order valence-corrected chi connectivity index (χ2v) is 4.56. The van der Waals surface area contributed by atoms with E-state index < -0.39 is 26.6 Å². The second kappa shape index (κ2) is 4.92. The lowest BCUT2D eigenvalue weighted by Crippen LogP contribution is -2.53. The van der Waals surface area contributed by atoms with Gasteiger partial charge < -0.3 is 0 Å². The molecule has 1 aromatic heterocycles. The molecule has 0 bridgehead atoms. The Morgan fingerprint density at radius 2 is 1.40 bits per heavy atom. The van der Waals surface area contributed by atoms with Crippen molar-refractivity contribution >= 4 is 9.52 Å². The summed E-state index contributed by atoms with van der Waals surface area (Å²) in [4.78, 5) is 34.3. The minimum atomic E-state index is -0.575. The van der Waals surface area contributed by atoms with Crippen LogP contribution >= 0.6 is 0 Å². The third-order valence-corrected chi connectivity index (χ3v) is 2.95. The van der Waals surface area contributed by atoms with Gasteiger partial charge in [0.15, 0.2) is 0 Å². The largest absolute Gasteiger partial charge is 0.335 e. The van der Waals surface area contributed by atoms with Crippen LogP contribution in [-0.2, 0) is 20.3 Å². The highest BCUT2D eigenvalue weighted by Gasteiger charge is 2.08. The second-order valence-electron chi connectivity index (χ2n) is 3.12. The van der Waals surface area contributed by atoms with E-state index in [0.29, 0.717) is 6.17 Å². The van der Waals surface area contributed by atoms with E-state index in [2.05, 4.69) is 0 Å². The average molecular weight is 231 g/mol. The number of hydrogen-bond donors (Lipinski definition) is 0. The van der Waals surface area contributed by atoms with Crippen molar-refractivity contribution in [3.8, 4) is 0 Å². The quantitative estimate of drug-likeness (QED) is 0.556. The number of rotatable bonds is 2. The highest BCUT2D eigenvalue weighted by molar-refractivity contribution is 6.31. The van der Waals surface area contributed by atoms with E-state index in [-0.39, 0.29) is 7.43 Å². The van der Waals surface area contributed by atoms with Crippen molar-refractivity contribution in [2.75, 3.05) is 0 Å². The molecule has 0 amide bonds. The Kier molecular flexibility index (Phi) is 4.47. The molecule has 0 aliphatic rings. The maximum Gasteiger partial charge on any atom is 0.335 e. The fourth-order valence-corrected chi connectivity index (χ4v) is 2.08. The Hall–Kier alpha value is -1.37.